The highest BCUT2D eigenvalue weighted by Crippen LogP contribution is 2.39. The van der Waals surface area contributed by atoms with E-state index < -0.39 is 23.4 Å². The molecule has 2 bridgehead atoms. The van der Waals surface area contributed by atoms with Crippen molar-refractivity contribution in [2.75, 3.05) is 25.0 Å². The number of hydrogen-bond acceptors (Lipinski definition) is 7. The van der Waals surface area contributed by atoms with Gasteiger partial charge >= 0.3 is 12.2 Å². The fraction of sp³-hybridized carbons (Fsp3) is 0.640. The molecule has 34 heavy (non-hydrogen) atoms. The third-order valence-corrected chi connectivity index (χ3v) is 6.01. The Balaban J connectivity index is 1.81. The van der Waals surface area contributed by atoms with Crippen LogP contribution < -0.4 is 15.5 Å². The monoisotopic (exact) mass is 473 g/mol. The van der Waals surface area contributed by atoms with Crippen LogP contribution in [0.2, 0.25) is 0 Å². The van der Waals surface area contributed by atoms with Crippen LogP contribution in [0.1, 0.15) is 54.0 Å². The van der Waals surface area contributed by atoms with Crippen LogP contribution >= 0.6 is 0 Å². The zero-order valence-electron chi connectivity index (χ0n) is 21.9. The van der Waals surface area contributed by atoms with Gasteiger partial charge in [0.25, 0.3) is 0 Å². The van der Waals surface area contributed by atoms with Crippen molar-refractivity contribution in [2.45, 2.75) is 78.7 Å². The highest BCUT2D eigenvalue weighted by molar-refractivity contribution is 6.02. The number of benzene rings is 1. The largest absolute Gasteiger partial charge is 0.444 e. The van der Waals surface area contributed by atoms with Crippen molar-refractivity contribution in [3.63, 3.8) is 0 Å². The zero-order valence-corrected chi connectivity index (χ0v) is 21.9. The first-order valence-electron chi connectivity index (χ1n) is 11.8. The molecule has 188 valence electrons. The van der Waals surface area contributed by atoms with Gasteiger partial charge in [0.15, 0.2) is 0 Å². The first-order valence-corrected chi connectivity index (χ1v) is 11.8. The lowest BCUT2D eigenvalue weighted by Crippen LogP contribution is -2.47. The molecule has 2 aliphatic rings. The number of nitrogens with zero attached hydrogens (tertiary/aromatic N) is 3. The number of ether oxygens (including phenoxy) is 2. The van der Waals surface area contributed by atoms with E-state index in [-0.39, 0.29) is 5.96 Å². The molecular weight excluding hydrogens is 434 g/mol. The molecule has 2 heterocycles. The highest BCUT2D eigenvalue weighted by atomic mass is 16.6. The number of aryl methyl sites for hydroxylation is 1. The maximum Gasteiger partial charge on any atom is 0.414 e. The normalized spacial score (nSPS) is 22.4. The molecule has 2 aliphatic heterocycles. The average molecular weight is 474 g/mol. The van der Waals surface area contributed by atoms with Crippen LogP contribution in [0.25, 0.3) is 0 Å². The zero-order chi connectivity index (χ0) is 25.4. The summed E-state index contributed by atoms with van der Waals surface area (Å²) in [6.07, 6.45) is -1.44. The minimum Gasteiger partial charge on any atom is -0.444 e. The predicted molar refractivity (Wildman–Crippen MR) is 134 cm³/mol. The van der Waals surface area contributed by atoms with Crippen molar-refractivity contribution in [3.05, 3.63) is 23.8 Å². The molecule has 3 rings (SSSR count). The Morgan fingerprint density at radius 2 is 1.53 bits per heavy atom. The van der Waals surface area contributed by atoms with Crippen LogP contribution in [0.15, 0.2) is 23.2 Å². The van der Waals surface area contributed by atoms with Gasteiger partial charge in [0, 0.05) is 30.9 Å². The number of piperazine rings is 1. The molecule has 2 amide bonds. The minimum absolute atomic E-state index is 0.0638. The lowest BCUT2D eigenvalue weighted by atomic mass is 10.0. The smallest absolute Gasteiger partial charge is 0.414 e. The van der Waals surface area contributed by atoms with E-state index in [0.29, 0.717) is 23.7 Å². The summed E-state index contributed by atoms with van der Waals surface area (Å²) in [7, 11) is 2.19. The van der Waals surface area contributed by atoms with Crippen molar-refractivity contribution in [1.82, 2.24) is 15.5 Å². The van der Waals surface area contributed by atoms with E-state index in [4.69, 9.17) is 9.47 Å². The number of likely N-dealkylation sites (tertiary alicyclic amines) is 1. The Labute approximate surface area is 202 Å². The first kappa shape index (κ1) is 25.8. The van der Waals surface area contributed by atoms with Gasteiger partial charge in [-0.2, -0.15) is 0 Å². The molecule has 3 unspecified atom stereocenters. The molecule has 0 saturated carbocycles. The fourth-order valence-corrected chi connectivity index (χ4v) is 4.60. The summed E-state index contributed by atoms with van der Waals surface area (Å²) in [5.74, 6) is 0.566. The van der Waals surface area contributed by atoms with E-state index in [9.17, 15) is 9.59 Å². The average Bonchev–Trinajstić information content (AvgIpc) is 3.09. The number of hydrogen-bond donors (Lipinski definition) is 2. The van der Waals surface area contributed by atoms with Crippen LogP contribution in [0.4, 0.5) is 21.0 Å². The van der Waals surface area contributed by atoms with E-state index in [1.807, 2.05) is 12.1 Å². The van der Waals surface area contributed by atoms with Crippen LogP contribution in [0, 0.1) is 12.8 Å². The summed E-state index contributed by atoms with van der Waals surface area (Å²) < 4.78 is 10.6. The van der Waals surface area contributed by atoms with Crippen molar-refractivity contribution < 1.29 is 19.1 Å². The Bertz CT molecular complexity index is 931. The SMILES string of the molecule is Cc1cc(N=C(NC(=O)OC(C)(C)C)NC(=O)OC(C)(C)C)ccc1N1CC2C(C)C1CN2C. The molecule has 9 nitrogen and oxygen atoms in total. The van der Waals surface area contributed by atoms with Crippen molar-refractivity contribution in [3.8, 4) is 0 Å². The minimum atomic E-state index is -0.721. The highest BCUT2D eigenvalue weighted by Gasteiger charge is 2.47. The second-order valence-corrected chi connectivity index (χ2v) is 11.3. The number of amides is 2. The second-order valence-electron chi connectivity index (χ2n) is 11.3. The van der Waals surface area contributed by atoms with Crippen molar-refractivity contribution >= 4 is 29.5 Å². The molecule has 3 atom stereocenters. The Hall–Kier alpha value is -2.81. The summed E-state index contributed by atoms with van der Waals surface area (Å²) in [5, 5.41) is 5.04. The Morgan fingerprint density at radius 1 is 0.971 bits per heavy atom. The van der Waals surface area contributed by atoms with Gasteiger partial charge < -0.3 is 14.4 Å². The van der Waals surface area contributed by atoms with Gasteiger partial charge in [0.2, 0.25) is 5.96 Å². The fourth-order valence-electron chi connectivity index (χ4n) is 4.60. The molecule has 1 aromatic carbocycles. The van der Waals surface area contributed by atoms with E-state index >= 15 is 0 Å². The second kappa shape index (κ2) is 9.44. The molecule has 1 aromatic rings. The van der Waals surface area contributed by atoms with Gasteiger partial charge in [0.05, 0.1) is 5.69 Å². The Morgan fingerprint density at radius 3 is 1.94 bits per heavy atom. The molecule has 0 radical (unpaired) electrons. The van der Waals surface area contributed by atoms with Crippen molar-refractivity contribution in [1.29, 1.82) is 0 Å². The molecule has 9 heteroatoms. The Kier molecular flexibility index (Phi) is 7.17. The van der Waals surface area contributed by atoms with Crippen molar-refractivity contribution in [2.24, 2.45) is 10.9 Å². The summed E-state index contributed by atoms with van der Waals surface area (Å²) in [6, 6.07) is 6.96. The molecule has 2 fully saturated rings. The number of aliphatic imine (C=N–C) groups is 1. The topological polar surface area (TPSA) is 95.5 Å². The molecule has 2 N–H and O–H groups in total. The summed E-state index contributed by atoms with van der Waals surface area (Å²) in [5.41, 5.74) is 1.47. The van der Waals surface area contributed by atoms with Crippen LogP contribution in [0.5, 0.6) is 0 Å². The molecule has 0 aliphatic carbocycles. The summed E-state index contributed by atoms with van der Waals surface area (Å²) >= 11 is 0. The van der Waals surface area contributed by atoms with E-state index in [1.165, 1.54) is 5.69 Å². The number of carbonyl (C=O) groups is 2. The van der Waals surface area contributed by atoms with Gasteiger partial charge in [-0.3, -0.25) is 15.5 Å². The van der Waals surface area contributed by atoms with Gasteiger partial charge in [-0.15, -0.1) is 0 Å². The van der Waals surface area contributed by atoms with E-state index in [2.05, 4.69) is 52.4 Å². The summed E-state index contributed by atoms with van der Waals surface area (Å²) in [6.45, 7) is 17.0. The number of alkyl carbamates (subject to hydrolysis) is 2. The maximum atomic E-state index is 12.3. The molecule has 2 saturated heterocycles. The third kappa shape index (κ3) is 6.40. The maximum absolute atomic E-state index is 12.3. The third-order valence-electron chi connectivity index (χ3n) is 6.01. The number of fused-ring (bicyclic) bond motifs is 2. The summed E-state index contributed by atoms with van der Waals surface area (Å²) in [4.78, 5) is 34.1. The van der Waals surface area contributed by atoms with Crippen LogP contribution in [0.3, 0.4) is 0 Å². The quantitative estimate of drug-likeness (QED) is 0.494. The lowest BCUT2D eigenvalue weighted by Gasteiger charge is -2.34. The number of anilines is 1. The van der Waals surface area contributed by atoms with E-state index in [1.54, 1.807) is 41.5 Å². The van der Waals surface area contributed by atoms with Gasteiger partial charge in [-0.1, -0.05) is 6.92 Å². The van der Waals surface area contributed by atoms with Gasteiger partial charge in [-0.05, 0) is 85.2 Å². The lowest BCUT2D eigenvalue weighted by molar-refractivity contribution is 0.0545. The number of rotatable bonds is 2. The number of nitrogens with one attached hydrogen (secondary N) is 2. The molecular formula is C25H39N5O4. The number of guanidine groups is 1. The van der Waals surface area contributed by atoms with Crippen LogP contribution in [-0.2, 0) is 9.47 Å². The molecule has 0 aromatic heterocycles. The van der Waals surface area contributed by atoms with E-state index in [0.717, 1.165) is 18.7 Å². The van der Waals surface area contributed by atoms with Gasteiger partial charge in [-0.25, -0.2) is 14.6 Å². The van der Waals surface area contributed by atoms with Gasteiger partial charge in [0.1, 0.15) is 11.2 Å². The number of carbonyl (C=O) groups excluding carboxylic acids is 2. The standard InChI is InChI=1S/C25H39N5O4/c1-15-12-17(10-11-18(15)30-14-19-16(2)20(30)13-29(19)9)26-21(27-22(31)33-24(3,4)5)28-23(32)34-25(6,7)8/h10-12,16,19-20H,13-14H2,1-9H3,(H2,26,27,28,31,32). The predicted octanol–water partition coefficient (Wildman–Crippen LogP) is 4.17. The van der Waals surface area contributed by atoms with Crippen LogP contribution in [-0.4, -0.2) is 66.5 Å². The number of likely N-dealkylation sites (N-methyl/N-ethyl adjacent to an activating group) is 1. The first-order chi connectivity index (χ1) is 15.6. The molecule has 0 spiro atoms.